The summed E-state index contributed by atoms with van der Waals surface area (Å²) < 4.78 is 5.93. The molecule has 0 radical (unpaired) electrons. The van der Waals surface area contributed by atoms with Crippen molar-refractivity contribution in [2.45, 2.75) is 45.7 Å². The van der Waals surface area contributed by atoms with Gasteiger partial charge >= 0.3 is 0 Å². The number of hydrogen-bond donors (Lipinski definition) is 0. The fourth-order valence-corrected chi connectivity index (χ4v) is 6.51. The molecule has 0 spiro atoms. The van der Waals surface area contributed by atoms with Crippen LogP contribution >= 0.6 is 0 Å². The van der Waals surface area contributed by atoms with Crippen molar-refractivity contribution >= 4 is 19.3 Å². The lowest BCUT2D eigenvalue weighted by molar-refractivity contribution is 0.400. The molecule has 1 aliphatic carbocycles. The molecule has 0 saturated carbocycles. The van der Waals surface area contributed by atoms with E-state index in [1.807, 2.05) is 7.11 Å². The highest BCUT2D eigenvalue weighted by Crippen LogP contribution is 2.35. The average molecular weight is 337 g/mol. The van der Waals surface area contributed by atoms with Gasteiger partial charge in [0.05, 0.1) is 7.11 Å². The van der Waals surface area contributed by atoms with Crippen LogP contribution in [0.3, 0.4) is 0 Å². The number of para-hydroxylation sites is 1. The van der Waals surface area contributed by atoms with Crippen LogP contribution in [0.15, 0.2) is 47.7 Å². The summed E-state index contributed by atoms with van der Waals surface area (Å²) in [5.41, 5.74) is 4.23. The fraction of sp³-hybridized carbons (Fsp3) is 0.364. The maximum Gasteiger partial charge on any atom is 0.122 e. The minimum absolute atomic E-state index is 0.0822. The summed E-state index contributed by atoms with van der Waals surface area (Å²) in [7, 11) is 0.0320. The summed E-state index contributed by atoms with van der Waals surface area (Å²) in [6, 6.07) is 15.5. The summed E-state index contributed by atoms with van der Waals surface area (Å²) >= 11 is 0. The number of rotatable bonds is 3. The second-order valence-corrected chi connectivity index (χ2v) is 12.7. The van der Waals surface area contributed by atoms with Crippen LogP contribution in [-0.2, 0) is 11.8 Å². The molecule has 2 aromatic rings. The molecule has 0 aromatic heterocycles. The van der Waals surface area contributed by atoms with Gasteiger partial charge in [-0.3, -0.25) is 0 Å². The maximum atomic E-state index is 5.93. The van der Waals surface area contributed by atoms with Gasteiger partial charge in [-0.05, 0) is 33.7 Å². The third-order valence-electron chi connectivity index (χ3n) is 5.27. The molecule has 0 fully saturated rings. The number of allylic oxidation sites excluding steroid dienone is 1. The van der Waals surface area contributed by atoms with Crippen molar-refractivity contribution in [2.24, 2.45) is 0 Å². The van der Waals surface area contributed by atoms with Gasteiger partial charge in [-0.15, -0.1) is 0 Å². The number of hydrogen-bond acceptors (Lipinski definition) is 1. The van der Waals surface area contributed by atoms with Gasteiger partial charge in [-0.25, -0.2) is 0 Å². The van der Waals surface area contributed by atoms with Crippen molar-refractivity contribution in [2.75, 3.05) is 7.11 Å². The summed E-state index contributed by atoms with van der Waals surface area (Å²) in [6.45, 7) is 11.7. The van der Waals surface area contributed by atoms with E-state index in [2.05, 4.69) is 82.4 Å². The molecule has 0 saturated heterocycles. The lowest BCUT2D eigenvalue weighted by Crippen LogP contribution is -2.45. The third kappa shape index (κ3) is 2.84. The van der Waals surface area contributed by atoms with Crippen LogP contribution in [0.5, 0.6) is 5.75 Å². The predicted octanol–water partition coefficient (Wildman–Crippen LogP) is 5.09. The Balaban J connectivity index is 2.09. The zero-order valence-corrected chi connectivity index (χ0v) is 16.7. The molecule has 0 bridgehead atoms. The molecular formula is C22H28OSi. The van der Waals surface area contributed by atoms with Gasteiger partial charge in [-0.2, -0.15) is 0 Å². The molecule has 0 unspecified atom stereocenters. The Morgan fingerprint density at radius 3 is 2.29 bits per heavy atom. The first kappa shape index (κ1) is 17.0. The van der Waals surface area contributed by atoms with Gasteiger partial charge in [-0.1, -0.05) is 87.6 Å². The number of ether oxygens (including phenoxy) is 1. The molecule has 126 valence electrons. The van der Waals surface area contributed by atoms with Crippen molar-refractivity contribution in [3.05, 3.63) is 64.4 Å². The van der Waals surface area contributed by atoms with E-state index >= 15 is 0 Å². The molecule has 24 heavy (non-hydrogen) atoms. The summed E-state index contributed by atoms with van der Waals surface area (Å²) in [6.07, 6.45) is 3.50. The SMILES string of the molecule is COc1c(C(C)(C)C)cccc1[Si](C)(C)C1=Cc2ccccc2C1. The van der Waals surface area contributed by atoms with Crippen LogP contribution in [0.25, 0.3) is 6.08 Å². The molecule has 0 atom stereocenters. The molecule has 0 aliphatic heterocycles. The third-order valence-corrected chi connectivity index (χ3v) is 8.94. The van der Waals surface area contributed by atoms with Crippen LogP contribution in [0.4, 0.5) is 0 Å². The minimum Gasteiger partial charge on any atom is -0.497 e. The molecule has 2 heteroatoms. The van der Waals surface area contributed by atoms with E-state index in [4.69, 9.17) is 4.74 Å². The van der Waals surface area contributed by atoms with Crippen molar-refractivity contribution in [1.82, 2.24) is 0 Å². The smallest absolute Gasteiger partial charge is 0.122 e. The van der Waals surface area contributed by atoms with Gasteiger partial charge in [0.25, 0.3) is 0 Å². The van der Waals surface area contributed by atoms with E-state index in [9.17, 15) is 0 Å². The maximum absolute atomic E-state index is 5.93. The molecule has 1 aliphatic rings. The standard InChI is InChI=1S/C22H28OSi/c1-22(2,3)19-12-9-13-20(21(19)23-4)24(5,6)18-14-16-10-7-8-11-17(16)15-18/h7-14H,15H2,1-6H3. The van der Waals surface area contributed by atoms with E-state index in [-0.39, 0.29) is 5.41 Å². The van der Waals surface area contributed by atoms with E-state index in [0.717, 1.165) is 12.2 Å². The van der Waals surface area contributed by atoms with Crippen LogP contribution < -0.4 is 9.92 Å². The molecule has 0 amide bonds. The first-order valence-electron chi connectivity index (χ1n) is 8.72. The Morgan fingerprint density at radius 2 is 1.67 bits per heavy atom. The Bertz CT molecular complexity index is 794. The van der Waals surface area contributed by atoms with E-state index in [1.165, 1.54) is 21.9 Å². The minimum atomic E-state index is -1.78. The second kappa shape index (κ2) is 5.93. The topological polar surface area (TPSA) is 9.23 Å². The normalized spacial score (nSPS) is 14.3. The average Bonchev–Trinajstić information content (AvgIpc) is 2.98. The largest absolute Gasteiger partial charge is 0.497 e. The highest BCUT2D eigenvalue weighted by atomic mass is 28.3. The Hall–Kier alpha value is -1.80. The van der Waals surface area contributed by atoms with Crippen LogP contribution in [0.1, 0.15) is 37.5 Å². The van der Waals surface area contributed by atoms with Crippen molar-refractivity contribution in [3.63, 3.8) is 0 Å². The zero-order chi connectivity index (χ0) is 17.5. The summed E-state index contributed by atoms with van der Waals surface area (Å²) in [5.74, 6) is 1.10. The Kier molecular flexibility index (Phi) is 4.21. The number of methoxy groups -OCH3 is 1. The second-order valence-electron chi connectivity index (χ2n) is 8.31. The first-order valence-corrected chi connectivity index (χ1v) is 11.7. The molecule has 3 rings (SSSR count). The van der Waals surface area contributed by atoms with E-state index in [1.54, 1.807) is 5.20 Å². The van der Waals surface area contributed by atoms with Gasteiger partial charge < -0.3 is 4.74 Å². The number of fused-ring (bicyclic) bond motifs is 1. The van der Waals surface area contributed by atoms with Crippen molar-refractivity contribution in [1.29, 1.82) is 0 Å². The Labute approximate surface area is 147 Å². The first-order chi connectivity index (χ1) is 11.2. The highest BCUT2D eigenvalue weighted by molar-refractivity contribution is 6.96. The lowest BCUT2D eigenvalue weighted by atomic mass is 9.86. The zero-order valence-electron chi connectivity index (χ0n) is 15.7. The summed E-state index contributed by atoms with van der Waals surface area (Å²) in [5, 5.41) is 3.00. The van der Waals surface area contributed by atoms with E-state index in [0.29, 0.717) is 0 Å². The van der Waals surface area contributed by atoms with Crippen molar-refractivity contribution in [3.8, 4) is 5.75 Å². The van der Waals surface area contributed by atoms with Gasteiger partial charge in [0, 0.05) is 0 Å². The lowest BCUT2D eigenvalue weighted by Gasteiger charge is -2.31. The quantitative estimate of drug-likeness (QED) is 0.710. The van der Waals surface area contributed by atoms with E-state index < -0.39 is 8.07 Å². The molecule has 2 aromatic carbocycles. The predicted molar refractivity (Wildman–Crippen MR) is 107 cm³/mol. The monoisotopic (exact) mass is 336 g/mol. The van der Waals surface area contributed by atoms with Crippen molar-refractivity contribution < 1.29 is 4.74 Å². The highest BCUT2D eigenvalue weighted by Gasteiger charge is 2.35. The van der Waals surface area contributed by atoms with Gasteiger partial charge in [0.15, 0.2) is 0 Å². The Morgan fingerprint density at radius 1 is 0.958 bits per heavy atom. The van der Waals surface area contributed by atoms with Crippen LogP contribution in [-0.4, -0.2) is 15.2 Å². The molecule has 1 nitrogen and oxygen atoms in total. The molecular weight excluding hydrogens is 308 g/mol. The van der Waals surface area contributed by atoms with Crippen LogP contribution in [0.2, 0.25) is 13.1 Å². The van der Waals surface area contributed by atoms with Gasteiger partial charge in [0.1, 0.15) is 13.8 Å². The van der Waals surface area contributed by atoms with Crippen LogP contribution in [0, 0.1) is 0 Å². The summed E-state index contributed by atoms with van der Waals surface area (Å²) in [4.78, 5) is 0. The fourth-order valence-electron chi connectivity index (χ4n) is 3.69. The van der Waals surface area contributed by atoms with Gasteiger partial charge in [0.2, 0.25) is 0 Å². The molecule has 0 heterocycles. The number of benzene rings is 2. The molecule has 0 N–H and O–H groups in total.